The van der Waals surface area contributed by atoms with E-state index in [9.17, 15) is 0 Å². The lowest BCUT2D eigenvalue weighted by Crippen LogP contribution is -2.05. The first-order chi connectivity index (χ1) is 9.20. The highest BCUT2D eigenvalue weighted by molar-refractivity contribution is 5.73. The van der Waals surface area contributed by atoms with E-state index in [1.807, 2.05) is 0 Å². The van der Waals surface area contributed by atoms with E-state index in [-0.39, 0.29) is 0 Å². The molecule has 1 aliphatic carbocycles. The molecule has 0 heterocycles. The third-order valence-corrected chi connectivity index (χ3v) is 4.21. The van der Waals surface area contributed by atoms with E-state index in [4.69, 9.17) is 0 Å². The van der Waals surface area contributed by atoms with Crippen molar-refractivity contribution in [3.8, 4) is 0 Å². The molecule has 0 saturated heterocycles. The van der Waals surface area contributed by atoms with Crippen LogP contribution in [0.15, 0.2) is 30.3 Å². The van der Waals surface area contributed by atoms with Crippen LogP contribution in [-0.2, 0) is 6.42 Å². The largest absolute Gasteiger partial charge is 0.0763 e. The van der Waals surface area contributed by atoms with Crippen molar-refractivity contribution in [2.45, 2.75) is 59.3 Å². The molecule has 0 fully saturated rings. The summed E-state index contributed by atoms with van der Waals surface area (Å²) >= 11 is 0. The van der Waals surface area contributed by atoms with Gasteiger partial charge in [-0.3, -0.25) is 0 Å². The van der Waals surface area contributed by atoms with Crippen LogP contribution in [0.5, 0.6) is 0 Å². The van der Waals surface area contributed by atoms with Crippen molar-refractivity contribution in [2.75, 3.05) is 0 Å². The molecule has 1 unspecified atom stereocenters. The summed E-state index contributed by atoms with van der Waals surface area (Å²) in [6.07, 6.45) is 10.4. The highest BCUT2D eigenvalue weighted by atomic mass is 14.2. The second-order valence-electron chi connectivity index (χ2n) is 6.43. The normalized spacial score (nSPS) is 15.5. The number of unbranched alkanes of at least 4 members (excludes halogenated alkanes) is 1. The quantitative estimate of drug-likeness (QED) is 0.572. The van der Waals surface area contributed by atoms with E-state index >= 15 is 0 Å². The highest BCUT2D eigenvalue weighted by Gasteiger charge is 2.18. The van der Waals surface area contributed by atoms with Gasteiger partial charge in [0.25, 0.3) is 0 Å². The third kappa shape index (κ3) is 3.96. The fraction of sp³-hybridized carbons (Fsp3) is 0.579. The van der Waals surface area contributed by atoms with Crippen LogP contribution >= 0.6 is 0 Å². The fourth-order valence-corrected chi connectivity index (χ4v) is 3.32. The second kappa shape index (κ2) is 6.93. The summed E-state index contributed by atoms with van der Waals surface area (Å²) in [5.74, 6) is 1.69. The van der Waals surface area contributed by atoms with Gasteiger partial charge in [0.2, 0.25) is 0 Å². The van der Waals surface area contributed by atoms with Crippen molar-refractivity contribution in [3.63, 3.8) is 0 Å². The molecular formula is C19H28. The van der Waals surface area contributed by atoms with Crippen molar-refractivity contribution in [3.05, 3.63) is 41.5 Å². The van der Waals surface area contributed by atoms with Gasteiger partial charge in [-0.05, 0) is 47.8 Å². The zero-order valence-electron chi connectivity index (χ0n) is 12.8. The Kier molecular flexibility index (Phi) is 5.24. The van der Waals surface area contributed by atoms with Gasteiger partial charge in [-0.25, -0.2) is 0 Å². The van der Waals surface area contributed by atoms with Crippen LogP contribution < -0.4 is 0 Å². The minimum atomic E-state index is 0.819. The number of hydrogen-bond acceptors (Lipinski definition) is 0. The Hall–Kier alpha value is -1.04. The number of allylic oxidation sites excluding steroid dienone is 2. The van der Waals surface area contributed by atoms with Gasteiger partial charge < -0.3 is 0 Å². The number of benzene rings is 1. The predicted octanol–water partition coefficient (Wildman–Crippen LogP) is 5.87. The van der Waals surface area contributed by atoms with Crippen LogP contribution in [0.2, 0.25) is 0 Å². The highest BCUT2D eigenvalue weighted by Crippen LogP contribution is 2.35. The summed E-state index contributed by atoms with van der Waals surface area (Å²) < 4.78 is 0. The molecule has 0 radical (unpaired) electrons. The Morgan fingerprint density at radius 1 is 1.16 bits per heavy atom. The lowest BCUT2D eigenvalue weighted by atomic mass is 9.86. The summed E-state index contributed by atoms with van der Waals surface area (Å²) in [5.41, 5.74) is 4.65. The van der Waals surface area contributed by atoms with Crippen molar-refractivity contribution in [2.24, 2.45) is 11.8 Å². The van der Waals surface area contributed by atoms with Crippen molar-refractivity contribution in [1.82, 2.24) is 0 Å². The molecule has 2 rings (SSSR count). The maximum Gasteiger partial charge on any atom is -0.00854 e. The van der Waals surface area contributed by atoms with Crippen LogP contribution in [0.25, 0.3) is 5.57 Å². The fourth-order valence-electron chi connectivity index (χ4n) is 3.32. The van der Waals surface area contributed by atoms with E-state index in [2.05, 4.69) is 51.1 Å². The molecule has 104 valence electrons. The molecule has 0 saturated carbocycles. The molecule has 0 aromatic heterocycles. The average Bonchev–Trinajstić information content (AvgIpc) is 2.79. The Labute approximate surface area is 118 Å². The van der Waals surface area contributed by atoms with Gasteiger partial charge in [0, 0.05) is 0 Å². The zero-order chi connectivity index (χ0) is 13.7. The average molecular weight is 256 g/mol. The second-order valence-corrected chi connectivity index (χ2v) is 6.43. The molecule has 1 aliphatic rings. The van der Waals surface area contributed by atoms with Gasteiger partial charge in [0.1, 0.15) is 0 Å². The maximum atomic E-state index is 2.46. The van der Waals surface area contributed by atoms with Crippen LogP contribution in [0.4, 0.5) is 0 Å². The van der Waals surface area contributed by atoms with E-state index in [1.165, 1.54) is 43.2 Å². The topological polar surface area (TPSA) is 0 Å². The number of fused-ring (bicyclic) bond motifs is 1. The summed E-state index contributed by atoms with van der Waals surface area (Å²) in [7, 11) is 0. The molecule has 0 nitrogen and oxygen atoms in total. The summed E-state index contributed by atoms with van der Waals surface area (Å²) in [6, 6.07) is 8.93. The van der Waals surface area contributed by atoms with Gasteiger partial charge in [0.15, 0.2) is 0 Å². The van der Waals surface area contributed by atoms with Gasteiger partial charge in [-0.1, -0.05) is 70.4 Å². The molecule has 1 aromatic carbocycles. The van der Waals surface area contributed by atoms with E-state index in [0.717, 1.165) is 18.3 Å². The zero-order valence-corrected chi connectivity index (χ0v) is 12.8. The van der Waals surface area contributed by atoms with Gasteiger partial charge >= 0.3 is 0 Å². The Bertz CT molecular complexity index is 425. The predicted molar refractivity (Wildman–Crippen MR) is 85.2 cm³/mol. The SMILES string of the molecule is CCCCC(CC1=CCc2ccccc21)CC(C)C. The lowest BCUT2D eigenvalue weighted by Gasteiger charge is -2.20. The molecule has 0 aliphatic heterocycles. The van der Waals surface area contributed by atoms with Gasteiger partial charge in [-0.15, -0.1) is 0 Å². The number of rotatable bonds is 7. The minimum absolute atomic E-state index is 0.819. The lowest BCUT2D eigenvalue weighted by molar-refractivity contribution is 0.383. The number of hydrogen-bond donors (Lipinski definition) is 0. The smallest absolute Gasteiger partial charge is 0.00854 e. The molecule has 1 atom stereocenters. The molecule has 1 aromatic rings. The van der Waals surface area contributed by atoms with Crippen molar-refractivity contribution >= 4 is 5.57 Å². The summed E-state index contributed by atoms with van der Waals surface area (Å²) in [5, 5.41) is 0. The monoisotopic (exact) mass is 256 g/mol. The van der Waals surface area contributed by atoms with Crippen LogP contribution in [-0.4, -0.2) is 0 Å². The summed E-state index contributed by atoms with van der Waals surface area (Å²) in [6.45, 7) is 7.02. The molecule has 0 spiro atoms. The van der Waals surface area contributed by atoms with Gasteiger partial charge in [-0.2, -0.15) is 0 Å². The van der Waals surface area contributed by atoms with Gasteiger partial charge in [0.05, 0.1) is 0 Å². The first-order valence-electron chi connectivity index (χ1n) is 7.98. The first kappa shape index (κ1) is 14.4. The molecule has 19 heavy (non-hydrogen) atoms. The first-order valence-corrected chi connectivity index (χ1v) is 7.98. The molecule has 0 N–H and O–H groups in total. The summed E-state index contributed by atoms with van der Waals surface area (Å²) in [4.78, 5) is 0. The minimum Gasteiger partial charge on any atom is -0.0763 e. The van der Waals surface area contributed by atoms with Crippen LogP contribution in [0, 0.1) is 11.8 Å². The van der Waals surface area contributed by atoms with E-state index in [1.54, 1.807) is 5.57 Å². The van der Waals surface area contributed by atoms with Crippen molar-refractivity contribution in [1.29, 1.82) is 0 Å². The maximum absolute atomic E-state index is 2.46. The third-order valence-electron chi connectivity index (χ3n) is 4.21. The van der Waals surface area contributed by atoms with E-state index < -0.39 is 0 Å². The Morgan fingerprint density at radius 2 is 1.95 bits per heavy atom. The molecular weight excluding hydrogens is 228 g/mol. The standard InChI is InChI=1S/C19H28/c1-4-5-8-16(13-15(2)3)14-18-12-11-17-9-6-7-10-19(17)18/h6-7,9-10,12,15-16H,4-5,8,11,13-14H2,1-3H3. The Balaban J connectivity index is 2.01. The molecule has 0 amide bonds. The Morgan fingerprint density at radius 3 is 2.68 bits per heavy atom. The van der Waals surface area contributed by atoms with Crippen molar-refractivity contribution < 1.29 is 0 Å². The van der Waals surface area contributed by atoms with Crippen LogP contribution in [0.3, 0.4) is 0 Å². The molecule has 0 heteroatoms. The van der Waals surface area contributed by atoms with E-state index in [0.29, 0.717) is 0 Å². The van der Waals surface area contributed by atoms with Crippen LogP contribution in [0.1, 0.15) is 64.0 Å². The molecule has 0 bridgehead atoms.